The van der Waals surface area contributed by atoms with Gasteiger partial charge in [0, 0.05) is 47.5 Å². The monoisotopic (exact) mass is 961 g/mol. The first kappa shape index (κ1) is 63.6. The second-order valence-electron chi connectivity index (χ2n) is 17.8. The number of carbonyl (C=O) groups excluding carboxylic acids is 9. The summed E-state index contributed by atoms with van der Waals surface area (Å²) >= 11 is 4.72. The van der Waals surface area contributed by atoms with Gasteiger partial charge in [0.25, 0.3) is 29.5 Å². The fraction of sp³-hybridized carbons (Fsp3) is 0.778. The number of carboxylic acids is 1. The average molecular weight is 962 g/mol. The number of nitrogens with one attached hydrogen (secondary N) is 2. The number of Topliss-reactive ketones (excluding diaryl/α,β-unsaturated/α-hetero) is 3. The largest absolute Gasteiger partial charge is 0.480 e. The molecule has 0 aromatic heterocycles. The Morgan fingerprint density at radius 3 is 1.03 bits per heavy atom. The van der Waals surface area contributed by atoms with Crippen molar-refractivity contribution in [1.29, 1.82) is 0 Å². The lowest BCUT2D eigenvalue weighted by molar-refractivity contribution is -0.154. The highest BCUT2D eigenvalue weighted by Gasteiger charge is 2.44. The molecule has 0 saturated carbocycles. The number of carboxylic acid groups (broad SMARTS) is 1. The van der Waals surface area contributed by atoms with Gasteiger partial charge in [-0.05, 0) is 84.3 Å². The Bertz CT molecular complexity index is 1580. The lowest BCUT2D eigenvalue weighted by Crippen LogP contribution is -2.57. The molecule has 0 aromatic rings. The SMILES string of the molecule is CCC(C)(C)C(=O)C(=O)N1CCCC1C(=O)NNC(=O)[C@@H]1CCCN1C(=O)C(=O)C(C)(C)CC.CCC(C)(C)C(=O)C(=O)N1CCC[C@H]1C(=O)O.CCN(CC)CC.CCOC(=O)Cl.NN. The summed E-state index contributed by atoms with van der Waals surface area (Å²) < 4.78 is 4.17. The molecule has 7 N–H and O–H groups in total. The number of nitrogens with zero attached hydrogens (tertiary/aromatic N) is 4. The van der Waals surface area contributed by atoms with Gasteiger partial charge >= 0.3 is 11.4 Å². The van der Waals surface area contributed by atoms with E-state index in [-0.39, 0.29) is 13.1 Å². The normalized spacial score (nSPS) is 17.8. The predicted octanol–water partition coefficient (Wildman–Crippen LogP) is 3.74. The van der Waals surface area contributed by atoms with E-state index in [1.807, 2.05) is 20.8 Å². The van der Waals surface area contributed by atoms with Gasteiger partial charge in [-0.25, -0.2) is 9.59 Å². The molecule has 3 fully saturated rings. The van der Waals surface area contributed by atoms with Gasteiger partial charge in [-0.1, -0.05) is 83.1 Å². The van der Waals surface area contributed by atoms with E-state index in [4.69, 9.17) is 16.7 Å². The first-order valence-electron chi connectivity index (χ1n) is 23.0. The number of nitrogens with two attached hydrogens (primary N) is 2. The highest BCUT2D eigenvalue weighted by Crippen LogP contribution is 2.28. The van der Waals surface area contributed by atoms with Gasteiger partial charge in [0.2, 0.25) is 17.3 Å². The van der Waals surface area contributed by atoms with E-state index in [9.17, 15) is 47.9 Å². The third-order valence-corrected chi connectivity index (χ3v) is 12.5. The Balaban J connectivity index is 0. The Kier molecular flexibility index (Phi) is 29.6. The Morgan fingerprint density at radius 2 is 0.833 bits per heavy atom. The van der Waals surface area contributed by atoms with Crippen LogP contribution in [-0.4, -0.2) is 147 Å². The second kappa shape index (κ2) is 30.7. The van der Waals surface area contributed by atoms with E-state index in [2.05, 4.69) is 52.9 Å². The van der Waals surface area contributed by atoms with Crippen LogP contribution < -0.4 is 22.5 Å². The summed E-state index contributed by atoms with van der Waals surface area (Å²) in [7, 11) is 0. The molecule has 1 unspecified atom stereocenters. The van der Waals surface area contributed by atoms with Gasteiger partial charge in [0.05, 0.1) is 6.61 Å². The van der Waals surface area contributed by atoms with Crippen molar-refractivity contribution in [3.8, 4) is 0 Å². The minimum atomic E-state index is -1.03. The van der Waals surface area contributed by atoms with Crippen LogP contribution in [0.5, 0.6) is 0 Å². The quantitative estimate of drug-likeness (QED) is 0.0637. The minimum absolute atomic E-state index is 0.288. The summed E-state index contributed by atoms with van der Waals surface area (Å²) in [5.74, 6) is 2.16. The number of amides is 5. The zero-order valence-electron chi connectivity index (χ0n) is 41.8. The topological polar surface area (TPSA) is 289 Å². The molecule has 5 amide bonds. The van der Waals surface area contributed by atoms with E-state index < -0.39 is 92.7 Å². The van der Waals surface area contributed by atoms with Gasteiger partial charge in [-0.3, -0.25) is 60.9 Å². The van der Waals surface area contributed by atoms with Crippen LogP contribution in [0.25, 0.3) is 0 Å². The molecule has 3 heterocycles. The van der Waals surface area contributed by atoms with E-state index in [1.165, 1.54) is 34.3 Å². The molecule has 0 spiro atoms. The maximum Gasteiger partial charge on any atom is 0.403 e. The Labute approximate surface area is 396 Å². The van der Waals surface area contributed by atoms with Gasteiger partial charge in [0.15, 0.2) is 0 Å². The molecule has 380 valence electrons. The van der Waals surface area contributed by atoms with Crippen LogP contribution in [-0.2, 0) is 47.9 Å². The summed E-state index contributed by atoms with van der Waals surface area (Å²) in [5, 5.41) is 8.97. The van der Waals surface area contributed by atoms with Crippen LogP contribution in [0.4, 0.5) is 4.79 Å². The summed E-state index contributed by atoms with van der Waals surface area (Å²) in [6, 6.07) is -2.56. The fourth-order valence-electron chi connectivity index (χ4n) is 6.65. The molecule has 3 saturated heterocycles. The number of carbonyl (C=O) groups is 10. The molecule has 66 heavy (non-hydrogen) atoms. The van der Waals surface area contributed by atoms with Crippen molar-refractivity contribution in [3.63, 3.8) is 0 Å². The highest BCUT2D eigenvalue weighted by molar-refractivity contribution is 6.61. The van der Waals surface area contributed by atoms with Gasteiger partial charge < -0.3 is 29.4 Å². The van der Waals surface area contributed by atoms with Gasteiger partial charge in [0.1, 0.15) is 18.1 Å². The molecular formula is C45H81ClN8O12. The smallest absolute Gasteiger partial charge is 0.403 e. The number of ketones is 3. The molecule has 0 aromatic carbocycles. The number of rotatable bonds is 16. The summed E-state index contributed by atoms with van der Waals surface area (Å²) in [5.41, 5.74) is 1.58. The number of hydrogen-bond donors (Lipinski definition) is 5. The van der Waals surface area contributed by atoms with Crippen LogP contribution in [0.3, 0.4) is 0 Å². The van der Waals surface area contributed by atoms with Crippen molar-refractivity contribution in [1.82, 2.24) is 30.5 Å². The van der Waals surface area contributed by atoms with Crippen LogP contribution in [0.1, 0.15) is 148 Å². The molecule has 21 heteroatoms. The maximum atomic E-state index is 12.7. The molecule has 3 rings (SSSR count). The number of hydrogen-bond acceptors (Lipinski definition) is 14. The van der Waals surface area contributed by atoms with Crippen molar-refractivity contribution in [2.75, 3.05) is 45.9 Å². The van der Waals surface area contributed by atoms with Crippen LogP contribution in [0.2, 0.25) is 0 Å². The number of likely N-dealkylation sites (tertiary alicyclic amines) is 3. The molecule has 3 aliphatic heterocycles. The average Bonchev–Trinajstić information content (AvgIpc) is 4.11. The first-order chi connectivity index (χ1) is 30.7. The lowest BCUT2D eigenvalue weighted by atomic mass is 9.84. The Hall–Kier alpha value is -4.53. The molecule has 20 nitrogen and oxygen atoms in total. The molecule has 3 aliphatic rings. The molecular weight excluding hydrogens is 880 g/mol. The Morgan fingerprint density at radius 1 is 0.561 bits per heavy atom. The lowest BCUT2D eigenvalue weighted by Gasteiger charge is -2.29. The molecule has 0 aliphatic carbocycles. The summed E-state index contributed by atoms with van der Waals surface area (Å²) in [4.78, 5) is 127. The number of hydrazine groups is 2. The molecule has 0 bridgehead atoms. The maximum absolute atomic E-state index is 12.7. The fourth-order valence-corrected chi connectivity index (χ4v) is 6.76. The summed E-state index contributed by atoms with van der Waals surface area (Å²) in [6.07, 6.45) is 4.51. The van der Waals surface area contributed by atoms with Crippen LogP contribution in [0.15, 0.2) is 0 Å². The third-order valence-electron chi connectivity index (χ3n) is 12.4. The zero-order chi connectivity index (χ0) is 51.7. The van der Waals surface area contributed by atoms with Gasteiger partial charge in [-0.15, -0.1) is 0 Å². The highest BCUT2D eigenvalue weighted by atomic mass is 35.5. The predicted molar refractivity (Wildman–Crippen MR) is 250 cm³/mol. The van der Waals surface area contributed by atoms with Crippen molar-refractivity contribution < 1.29 is 57.8 Å². The number of aliphatic carboxylic acids is 1. The van der Waals surface area contributed by atoms with Crippen molar-refractivity contribution in [3.05, 3.63) is 0 Å². The minimum Gasteiger partial charge on any atom is -0.480 e. The standard InChI is InChI=1S/C24H38N4O6.C12H19NO4.C6H15N.C3H5ClO2.H4N2/c1-7-23(3,4)17(29)21(33)27-13-9-11-15(27)19(31)25-26-20(32)16-12-10-14-28(16)22(34)18(30)24(5,6)8-2;1-4-12(2,3)9(14)10(15)13-7-5-6-8(13)11(16)17;1-4-7(5-2)6-3;1-2-6-3(4)5;1-2/h15-16H,7-14H2,1-6H3,(H,25,31)(H,26,32);8H,4-7H2,1-3H3,(H,16,17);4-6H2,1-3H3;2H2,1H3;1-2H2/t15-,16?;8-;;;/m00.../s1. The van der Waals surface area contributed by atoms with E-state index in [0.29, 0.717) is 70.9 Å². The van der Waals surface area contributed by atoms with Crippen molar-refractivity contribution >= 4 is 69.9 Å². The number of halogens is 1. The van der Waals surface area contributed by atoms with Crippen molar-refractivity contribution in [2.24, 2.45) is 27.9 Å². The van der Waals surface area contributed by atoms with E-state index >= 15 is 0 Å². The van der Waals surface area contributed by atoms with E-state index in [1.54, 1.807) is 48.5 Å². The first-order valence-corrected chi connectivity index (χ1v) is 23.4. The molecule has 0 radical (unpaired) electrons. The second-order valence-corrected chi connectivity index (χ2v) is 18.1. The van der Waals surface area contributed by atoms with Crippen LogP contribution in [0, 0.1) is 16.2 Å². The van der Waals surface area contributed by atoms with E-state index in [0.717, 1.165) is 0 Å². The van der Waals surface area contributed by atoms with Gasteiger partial charge in [-0.2, -0.15) is 0 Å². The third kappa shape index (κ3) is 19.4. The van der Waals surface area contributed by atoms with Crippen molar-refractivity contribution in [2.45, 2.75) is 166 Å². The van der Waals surface area contributed by atoms with Crippen LogP contribution >= 0.6 is 11.6 Å². The molecule has 3 atom stereocenters. The number of ether oxygens (including phenoxy) is 1. The summed E-state index contributed by atoms with van der Waals surface area (Å²) in [6.45, 7) is 28.8. The zero-order valence-corrected chi connectivity index (χ0v) is 42.6.